The molecule has 1 aromatic carbocycles. The molecule has 0 aliphatic rings. The summed E-state index contributed by atoms with van der Waals surface area (Å²) in [5.41, 5.74) is 2.74. The summed E-state index contributed by atoms with van der Waals surface area (Å²) in [6.07, 6.45) is 5.39. The van der Waals surface area contributed by atoms with Gasteiger partial charge in [-0.05, 0) is 38.5 Å². The molecular weight excluding hydrogens is 352 g/mol. The Kier molecular flexibility index (Phi) is 7.04. The number of hydrogen-bond donors (Lipinski definition) is 1. The third-order valence-corrected chi connectivity index (χ3v) is 3.98. The van der Waals surface area contributed by atoms with Crippen LogP contribution in [0.25, 0.3) is 5.57 Å². The first kappa shape index (κ1) is 21.3. The highest BCUT2D eigenvalue weighted by Crippen LogP contribution is 2.28. The summed E-state index contributed by atoms with van der Waals surface area (Å²) in [5.74, 6) is 0.529. The van der Waals surface area contributed by atoms with Crippen LogP contribution in [0.4, 0.5) is 5.69 Å². The SMILES string of the molecule is C/C=C(\C=NCC)c1ccnc(Oc2cc(NC(=O)C(C)(C)C)ccc2C)n1. The zero-order valence-electron chi connectivity index (χ0n) is 17.4. The second-order valence-electron chi connectivity index (χ2n) is 7.38. The van der Waals surface area contributed by atoms with Gasteiger partial charge in [-0.3, -0.25) is 9.79 Å². The predicted octanol–water partition coefficient (Wildman–Crippen LogP) is 5.06. The lowest BCUT2D eigenvalue weighted by atomic mass is 9.95. The summed E-state index contributed by atoms with van der Waals surface area (Å²) < 4.78 is 5.91. The Morgan fingerprint density at radius 2 is 2.04 bits per heavy atom. The van der Waals surface area contributed by atoms with Crippen molar-refractivity contribution in [3.63, 3.8) is 0 Å². The highest BCUT2D eigenvalue weighted by atomic mass is 16.5. The monoisotopic (exact) mass is 380 g/mol. The Balaban J connectivity index is 2.26. The molecule has 1 N–H and O–H groups in total. The van der Waals surface area contributed by atoms with Gasteiger partial charge in [-0.1, -0.05) is 32.9 Å². The van der Waals surface area contributed by atoms with E-state index in [0.717, 1.165) is 16.8 Å². The van der Waals surface area contributed by atoms with Gasteiger partial charge in [-0.15, -0.1) is 0 Å². The number of allylic oxidation sites excluding steroid dienone is 2. The average Bonchev–Trinajstić information content (AvgIpc) is 2.64. The van der Waals surface area contributed by atoms with Crippen molar-refractivity contribution in [3.8, 4) is 11.8 Å². The van der Waals surface area contributed by atoms with Crippen molar-refractivity contribution in [1.82, 2.24) is 9.97 Å². The fourth-order valence-electron chi connectivity index (χ4n) is 2.23. The van der Waals surface area contributed by atoms with E-state index < -0.39 is 5.41 Å². The summed E-state index contributed by atoms with van der Waals surface area (Å²) >= 11 is 0. The molecule has 0 fully saturated rings. The molecule has 0 spiro atoms. The molecule has 6 nitrogen and oxygen atoms in total. The summed E-state index contributed by atoms with van der Waals surface area (Å²) in [5, 5.41) is 2.91. The number of benzene rings is 1. The lowest BCUT2D eigenvalue weighted by Crippen LogP contribution is -2.27. The van der Waals surface area contributed by atoms with Crippen LogP contribution < -0.4 is 10.1 Å². The number of amides is 1. The molecule has 148 valence electrons. The number of carbonyl (C=O) groups is 1. The van der Waals surface area contributed by atoms with Gasteiger partial charge in [0.25, 0.3) is 0 Å². The Bertz CT molecular complexity index is 896. The van der Waals surface area contributed by atoms with E-state index >= 15 is 0 Å². The molecule has 0 atom stereocenters. The topological polar surface area (TPSA) is 76.5 Å². The molecule has 2 aromatic rings. The van der Waals surface area contributed by atoms with Crippen LogP contribution in [0.2, 0.25) is 0 Å². The molecule has 1 heterocycles. The van der Waals surface area contributed by atoms with Crippen molar-refractivity contribution >= 4 is 23.4 Å². The van der Waals surface area contributed by atoms with Crippen LogP contribution in [0.3, 0.4) is 0 Å². The first-order valence-corrected chi connectivity index (χ1v) is 9.34. The Morgan fingerprint density at radius 1 is 1.29 bits per heavy atom. The number of hydrogen-bond acceptors (Lipinski definition) is 5. The quantitative estimate of drug-likeness (QED) is 0.711. The molecule has 0 aliphatic carbocycles. The fourth-order valence-corrected chi connectivity index (χ4v) is 2.23. The normalized spacial score (nSPS) is 12.3. The molecule has 0 bridgehead atoms. The standard InChI is InChI=1S/C22H28N4O2/c1-7-16(14-23-8-2)18-11-12-24-21(26-18)28-19-13-17(10-9-15(19)3)25-20(27)22(4,5)6/h7,9-14H,8H2,1-6H3,(H,25,27)/b16-7+,23-14?. The van der Waals surface area contributed by atoms with Crippen molar-refractivity contribution < 1.29 is 9.53 Å². The number of anilines is 1. The van der Waals surface area contributed by atoms with E-state index in [0.29, 0.717) is 18.0 Å². The van der Waals surface area contributed by atoms with Crippen molar-refractivity contribution in [2.24, 2.45) is 10.4 Å². The van der Waals surface area contributed by atoms with Crippen molar-refractivity contribution in [1.29, 1.82) is 0 Å². The number of carbonyl (C=O) groups excluding carboxylic acids is 1. The van der Waals surface area contributed by atoms with Crippen LogP contribution in [0.5, 0.6) is 11.8 Å². The van der Waals surface area contributed by atoms with Crippen molar-refractivity contribution in [2.75, 3.05) is 11.9 Å². The maximum absolute atomic E-state index is 12.2. The lowest BCUT2D eigenvalue weighted by Gasteiger charge is -2.18. The summed E-state index contributed by atoms with van der Waals surface area (Å²) in [6.45, 7) is 12.2. The number of rotatable bonds is 6. The van der Waals surface area contributed by atoms with Gasteiger partial charge >= 0.3 is 6.01 Å². The van der Waals surface area contributed by atoms with Gasteiger partial charge in [0.2, 0.25) is 5.91 Å². The van der Waals surface area contributed by atoms with E-state index in [9.17, 15) is 4.79 Å². The highest BCUT2D eigenvalue weighted by Gasteiger charge is 2.21. The van der Waals surface area contributed by atoms with Gasteiger partial charge in [0, 0.05) is 41.7 Å². The van der Waals surface area contributed by atoms with E-state index in [1.54, 1.807) is 18.5 Å². The minimum atomic E-state index is -0.480. The number of aryl methyl sites for hydroxylation is 1. The average molecular weight is 380 g/mol. The molecule has 2 rings (SSSR count). The number of aliphatic imine (C=N–C) groups is 1. The molecule has 0 unspecified atom stereocenters. The molecular formula is C22H28N4O2. The summed E-state index contributed by atoms with van der Waals surface area (Å²) in [4.78, 5) is 25.2. The lowest BCUT2D eigenvalue weighted by molar-refractivity contribution is -0.123. The van der Waals surface area contributed by atoms with Gasteiger partial charge in [0.15, 0.2) is 0 Å². The first-order chi connectivity index (χ1) is 13.2. The van der Waals surface area contributed by atoms with Crippen LogP contribution >= 0.6 is 0 Å². The number of nitrogens with one attached hydrogen (secondary N) is 1. The predicted molar refractivity (Wildman–Crippen MR) is 114 cm³/mol. The van der Waals surface area contributed by atoms with Crippen molar-refractivity contribution in [3.05, 3.63) is 47.8 Å². The Hall–Kier alpha value is -3.02. The molecule has 28 heavy (non-hydrogen) atoms. The summed E-state index contributed by atoms with van der Waals surface area (Å²) in [6, 6.07) is 7.58. The van der Waals surface area contributed by atoms with E-state index in [1.165, 1.54) is 0 Å². The van der Waals surface area contributed by atoms with E-state index in [4.69, 9.17) is 4.74 Å². The molecule has 0 saturated heterocycles. The second kappa shape index (κ2) is 9.26. The maximum Gasteiger partial charge on any atom is 0.322 e. The maximum atomic E-state index is 12.2. The third-order valence-electron chi connectivity index (χ3n) is 3.98. The van der Waals surface area contributed by atoms with Gasteiger partial charge in [-0.25, -0.2) is 4.98 Å². The van der Waals surface area contributed by atoms with Crippen LogP contribution in [-0.4, -0.2) is 28.6 Å². The van der Waals surface area contributed by atoms with Gasteiger partial charge < -0.3 is 10.1 Å². The van der Waals surface area contributed by atoms with E-state index in [2.05, 4.69) is 20.3 Å². The molecule has 0 aliphatic heterocycles. The Morgan fingerprint density at radius 3 is 2.68 bits per heavy atom. The largest absolute Gasteiger partial charge is 0.424 e. The number of nitrogens with zero attached hydrogens (tertiary/aromatic N) is 3. The number of ether oxygens (including phenoxy) is 1. The smallest absolute Gasteiger partial charge is 0.322 e. The zero-order chi connectivity index (χ0) is 20.7. The van der Waals surface area contributed by atoms with E-state index in [1.807, 2.05) is 65.8 Å². The molecule has 0 saturated carbocycles. The fraction of sp³-hybridized carbons (Fsp3) is 0.364. The van der Waals surface area contributed by atoms with E-state index in [-0.39, 0.29) is 11.9 Å². The molecule has 0 radical (unpaired) electrons. The third kappa shape index (κ3) is 5.74. The molecule has 6 heteroatoms. The zero-order valence-corrected chi connectivity index (χ0v) is 17.4. The van der Waals surface area contributed by atoms with Crippen molar-refractivity contribution in [2.45, 2.75) is 41.5 Å². The van der Waals surface area contributed by atoms with Gasteiger partial charge in [0.1, 0.15) is 5.75 Å². The van der Waals surface area contributed by atoms with Crippen LogP contribution in [0, 0.1) is 12.3 Å². The van der Waals surface area contributed by atoms with Gasteiger partial charge in [0.05, 0.1) is 5.69 Å². The van der Waals surface area contributed by atoms with Gasteiger partial charge in [-0.2, -0.15) is 4.98 Å². The van der Waals surface area contributed by atoms with Crippen LogP contribution in [-0.2, 0) is 4.79 Å². The summed E-state index contributed by atoms with van der Waals surface area (Å²) in [7, 11) is 0. The molecule has 1 amide bonds. The minimum absolute atomic E-state index is 0.0616. The highest BCUT2D eigenvalue weighted by molar-refractivity contribution is 6.08. The minimum Gasteiger partial charge on any atom is -0.424 e. The molecule has 1 aromatic heterocycles. The number of aromatic nitrogens is 2. The second-order valence-corrected chi connectivity index (χ2v) is 7.38. The van der Waals surface area contributed by atoms with Crippen LogP contribution in [0.15, 0.2) is 41.5 Å². The van der Waals surface area contributed by atoms with Crippen LogP contribution in [0.1, 0.15) is 45.9 Å². The first-order valence-electron chi connectivity index (χ1n) is 9.34. The Labute approximate surface area is 166 Å².